The van der Waals surface area contributed by atoms with Crippen molar-refractivity contribution in [2.24, 2.45) is 0 Å². The molecule has 1 aliphatic heterocycles. The lowest BCUT2D eigenvalue weighted by molar-refractivity contribution is -0.126. The lowest BCUT2D eigenvalue weighted by Gasteiger charge is -2.43. The maximum Gasteiger partial charge on any atom is 0.234 e. The second-order valence-electron chi connectivity index (χ2n) is 7.73. The molecule has 4 rings (SSSR count). The highest BCUT2D eigenvalue weighted by Crippen LogP contribution is 2.41. The second-order valence-corrected chi connectivity index (χ2v) is 7.73. The van der Waals surface area contributed by atoms with Crippen LogP contribution in [-0.4, -0.2) is 36.6 Å². The van der Waals surface area contributed by atoms with Crippen LogP contribution in [0.3, 0.4) is 0 Å². The molecule has 1 saturated carbocycles. The summed E-state index contributed by atoms with van der Waals surface area (Å²) in [5.74, 6) is 0.949. The van der Waals surface area contributed by atoms with Crippen molar-refractivity contribution in [3.8, 4) is 0 Å². The molecule has 144 valence electrons. The number of hydrogen-bond acceptors (Lipinski definition) is 4. The average Bonchev–Trinajstić information content (AvgIpc) is 3.33. The largest absolute Gasteiger partial charge is 0.468 e. The van der Waals surface area contributed by atoms with Gasteiger partial charge in [-0.25, -0.2) is 0 Å². The molecule has 1 saturated heterocycles. The Morgan fingerprint density at radius 1 is 1.15 bits per heavy atom. The summed E-state index contributed by atoms with van der Waals surface area (Å²) in [5, 5.41) is 3.33. The summed E-state index contributed by atoms with van der Waals surface area (Å²) in [6.45, 7) is 2.56. The van der Waals surface area contributed by atoms with Crippen LogP contribution in [0, 0.1) is 0 Å². The lowest BCUT2D eigenvalue weighted by atomic mass is 9.72. The maximum atomic E-state index is 12.9. The van der Waals surface area contributed by atoms with Crippen LogP contribution in [0.25, 0.3) is 0 Å². The highest BCUT2D eigenvalue weighted by Gasteiger charge is 2.40. The Labute approximate surface area is 160 Å². The Balaban J connectivity index is 1.41. The van der Waals surface area contributed by atoms with E-state index in [1.165, 1.54) is 5.56 Å². The van der Waals surface area contributed by atoms with Crippen molar-refractivity contribution in [1.29, 1.82) is 0 Å². The number of nitrogens with zero attached hydrogens (tertiary/aromatic N) is 1. The molecule has 0 bridgehead atoms. The fraction of sp³-hybridized carbons (Fsp3) is 0.500. The number of rotatable bonds is 8. The standard InChI is InChI=1S/C22H28N2O3/c25-21(23-22(11-6-12-22)18-7-2-1-3-8-18)17-24(15-19-9-4-13-26-19)16-20-10-5-14-27-20/h1-4,7-9,13,20H,5-6,10-12,14-17H2,(H,23,25). The zero-order chi connectivity index (χ0) is 18.5. The molecule has 27 heavy (non-hydrogen) atoms. The number of furan rings is 1. The van der Waals surface area contributed by atoms with Gasteiger partial charge in [0.15, 0.2) is 0 Å². The van der Waals surface area contributed by atoms with E-state index in [4.69, 9.17) is 9.15 Å². The molecule has 2 fully saturated rings. The minimum absolute atomic E-state index is 0.0723. The predicted octanol–water partition coefficient (Wildman–Crippen LogP) is 3.46. The number of benzene rings is 1. The normalized spacial score (nSPS) is 21.1. The summed E-state index contributed by atoms with van der Waals surface area (Å²) in [4.78, 5) is 15.1. The van der Waals surface area contributed by atoms with E-state index in [1.54, 1.807) is 6.26 Å². The fourth-order valence-electron chi connectivity index (χ4n) is 4.17. The SMILES string of the molecule is O=C(CN(Cc1ccco1)CC1CCCO1)NC1(c2ccccc2)CCC1. The lowest BCUT2D eigenvalue weighted by Crippen LogP contribution is -2.53. The van der Waals surface area contributed by atoms with Crippen LogP contribution in [0.2, 0.25) is 0 Å². The van der Waals surface area contributed by atoms with Gasteiger partial charge in [-0.1, -0.05) is 30.3 Å². The third-order valence-corrected chi connectivity index (χ3v) is 5.72. The zero-order valence-electron chi connectivity index (χ0n) is 15.7. The average molecular weight is 368 g/mol. The molecule has 2 heterocycles. The van der Waals surface area contributed by atoms with Gasteiger partial charge in [-0.15, -0.1) is 0 Å². The van der Waals surface area contributed by atoms with E-state index in [1.807, 2.05) is 30.3 Å². The first kappa shape index (κ1) is 18.3. The molecule has 1 N–H and O–H groups in total. The molecular formula is C22H28N2O3. The van der Waals surface area contributed by atoms with Crippen LogP contribution in [-0.2, 0) is 21.6 Å². The maximum absolute atomic E-state index is 12.9. The van der Waals surface area contributed by atoms with Gasteiger partial charge in [-0.05, 0) is 49.8 Å². The van der Waals surface area contributed by atoms with E-state index in [2.05, 4.69) is 22.3 Å². The smallest absolute Gasteiger partial charge is 0.234 e. The van der Waals surface area contributed by atoms with E-state index >= 15 is 0 Å². The van der Waals surface area contributed by atoms with E-state index in [0.29, 0.717) is 13.1 Å². The third-order valence-electron chi connectivity index (χ3n) is 5.72. The van der Waals surface area contributed by atoms with E-state index in [0.717, 1.165) is 51.0 Å². The molecule has 1 unspecified atom stereocenters. The first-order valence-corrected chi connectivity index (χ1v) is 9.96. The highest BCUT2D eigenvalue weighted by molar-refractivity contribution is 5.79. The van der Waals surface area contributed by atoms with Crippen molar-refractivity contribution < 1.29 is 13.9 Å². The summed E-state index contributed by atoms with van der Waals surface area (Å²) in [6, 6.07) is 14.2. The van der Waals surface area contributed by atoms with Crippen molar-refractivity contribution >= 4 is 5.91 Å². The van der Waals surface area contributed by atoms with Gasteiger partial charge in [-0.3, -0.25) is 9.69 Å². The highest BCUT2D eigenvalue weighted by atomic mass is 16.5. The Hall–Kier alpha value is -2.11. The van der Waals surface area contributed by atoms with E-state index in [9.17, 15) is 4.79 Å². The molecule has 1 atom stereocenters. The molecule has 1 aliphatic carbocycles. The van der Waals surface area contributed by atoms with Crippen molar-refractivity contribution in [3.63, 3.8) is 0 Å². The second kappa shape index (κ2) is 8.28. The molecule has 1 aromatic heterocycles. The van der Waals surface area contributed by atoms with Gasteiger partial charge in [-0.2, -0.15) is 0 Å². The third kappa shape index (κ3) is 4.42. The van der Waals surface area contributed by atoms with Gasteiger partial charge in [0.25, 0.3) is 0 Å². The molecule has 0 spiro atoms. The molecule has 0 radical (unpaired) electrons. The summed E-state index contributed by atoms with van der Waals surface area (Å²) in [7, 11) is 0. The fourth-order valence-corrected chi connectivity index (χ4v) is 4.17. The summed E-state index contributed by atoms with van der Waals surface area (Å²) < 4.78 is 11.3. The predicted molar refractivity (Wildman–Crippen MR) is 103 cm³/mol. The van der Waals surface area contributed by atoms with Gasteiger partial charge in [0.2, 0.25) is 5.91 Å². The van der Waals surface area contributed by atoms with Gasteiger partial charge >= 0.3 is 0 Å². The number of carbonyl (C=O) groups excluding carboxylic acids is 1. The first-order valence-electron chi connectivity index (χ1n) is 9.96. The van der Waals surface area contributed by atoms with Crippen molar-refractivity contribution in [1.82, 2.24) is 10.2 Å². The zero-order valence-corrected chi connectivity index (χ0v) is 15.7. The Morgan fingerprint density at radius 3 is 2.63 bits per heavy atom. The van der Waals surface area contributed by atoms with Gasteiger partial charge < -0.3 is 14.5 Å². The molecule has 5 heteroatoms. The van der Waals surface area contributed by atoms with Crippen molar-refractivity contribution in [3.05, 3.63) is 60.1 Å². The Bertz CT molecular complexity index is 719. The number of ether oxygens (including phenoxy) is 1. The van der Waals surface area contributed by atoms with Crippen molar-refractivity contribution in [2.45, 2.75) is 50.3 Å². The minimum Gasteiger partial charge on any atom is -0.468 e. The number of nitrogens with one attached hydrogen (secondary N) is 1. The van der Waals surface area contributed by atoms with Gasteiger partial charge in [0, 0.05) is 13.2 Å². The summed E-state index contributed by atoms with van der Waals surface area (Å²) >= 11 is 0. The van der Waals surface area contributed by atoms with Crippen LogP contribution in [0.5, 0.6) is 0 Å². The van der Waals surface area contributed by atoms with Crippen molar-refractivity contribution in [2.75, 3.05) is 19.7 Å². The van der Waals surface area contributed by atoms with Crippen LogP contribution < -0.4 is 5.32 Å². The topological polar surface area (TPSA) is 54.7 Å². The molecule has 2 aromatic rings. The van der Waals surface area contributed by atoms with Crippen LogP contribution in [0.4, 0.5) is 0 Å². The summed E-state index contributed by atoms with van der Waals surface area (Å²) in [5.41, 5.74) is 1.01. The quantitative estimate of drug-likeness (QED) is 0.775. The van der Waals surface area contributed by atoms with E-state index < -0.39 is 0 Å². The first-order chi connectivity index (χ1) is 13.2. The van der Waals surface area contributed by atoms with Crippen LogP contribution >= 0.6 is 0 Å². The van der Waals surface area contributed by atoms with Crippen LogP contribution in [0.15, 0.2) is 53.1 Å². The summed E-state index contributed by atoms with van der Waals surface area (Å²) in [6.07, 6.45) is 7.21. The Kier molecular flexibility index (Phi) is 5.60. The van der Waals surface area contributed by atoms with Gasteiger partial charge in [0.1, 0.15) is 5.76 Å². The van der Waals surface area contributed by atoms with Crippen LogP contribution in [0.1, 0.15) is 43.4 Å². The number of hydrogen-bond donors (Lipinski definition) is 1. The molecule has 5 nitrogen and oxygen atoms in total. The van der Waals surface area contributed by atoms with E-state index in [-0.39, 0.29) is 17.6 Å². The molecule has 2 aliphatic rings. The molecule has 1 aromatic carbocycles. The Morgan fingerprint density at radius 2 is 2.00 bits per heavy atom. The van der Waals surface area contributed by atoms with Gasteiger partial charge in [0.05, 0.1) is 31.0 Å². The molecular weight excluding hydrogens is 340 g/mol. The minimum atomic E-state index is -0.196. The number of amides is 1. The monoisotopic (exact) mass is 368 g/mol. The molecule has 1 amide bonds. The number of carbonyl (C=O) groups is 1.